The highest BCUT2D eigenvalue weighted by atomic mass is 35.5. The van der Waals surface area contributed by atoms with E-state index in [1.807, 2.05) is 12.1 Å². The zero-order chi connectivity index (χ0) is 14.8. The maximum atomic E-state index is 13.9. The smallest absolute Gasteiger partial charge is 0.181 e. The van der Waals surface area contributed by atoms with Gasteiger partial charge in [0.1, 0.15) is 12.1 Å². The number of anilines is 1. The minimum atomic E-state index is -0.427. The van der Waals surface area contributed by atoms with Crippen molar-refractivity contribution in [2.75, 3.05) is 5.73 Å². The zero-order valence-electron chi connectivity index (χ0n) is 11.0. The number of nitrogens with zero attached hydrogens (tertiary/aromatic N) is 3. The number of halogens is 2. The summed E-state index contributed by atoms with van der Waals surface area (Å²) < 4.78 is 15.4. The number of rotatable bonds is 3. The summed E-state index contributed by atoms with van der Waals surface area (Å²) in [5.74, 6) is 0.140. The molecule has 0 spiro atoms. The molecular formula is C15H12ClFN4. The van der Waals surface area contributed by atoms with Crippen molar-refractivity contribution in [3.63, 3.8) is 0 Å². The molecule has 3 rings (SSSR count). The highest BCUT2D eigenvalue weighted by Gasteiger charge is 2.09. The minimum absolute atomic E-state index is 0.103. The van der Waals surface area contributed by atoms with Gasteiger partial charge >= 0.3 is 0 Å². The first-order chi connectivity index (χ1) is 10.1. The standard InChI is InChI=1S/C15H12ClFN4/c16-13-3-1-2-11(14(13)17)8-21-9-19-15(20-21)10-4-6-12(18)7-5-10/h1-7,9H,8,18H2. The fourth-order valence-electron chi connectivity index (χ4n) is 1.98. The number of nitrogens with two attached hydrogens (primary N) is 1. The average Bonchev–Trinajstić information content (AvgIpc) is 2.93. The maximum absolute atomic E-state index is 13.9. The molecule has 0 saturated heterocycles. The summed E-state index contributed by atoms with van der Waals surface area (Å²) in [5, 5.41) is 4.43. The summed E-state index contributed by atoms with van der Waals surface area (Å²) in [4.78, 5) is 4.22. The molecule has 1 heterocycles. The lowest BCUT2D eigenvalue weighted by Crippen LogP contribution is -2.03. The van der Waals surface area contributed by atoms with Gasteiger partial charge in [-0.15, -0.1) is 0 Å². The van der Waals surface area contributed by atoms with Gasteiger partial charge in [-0.05, 0) is 30.3 Å². The first-order valence-electron chi connectivity index (χ1n) is 6.32. The van der Waals surface area contributed by atoms with Crippen LogP contribution in [0.3, 0.4) is 0 Å². The summed E-state index contributed by atoms with van der Waals surface area (Å²) >= 11 is 5.76. The van der Waals surface area contributed by atoms with Gasteiger partial charge in [0, 0.05) is 16.8 Å². The Morgan fingerprint density at radius 1 is 1.14 bits per heavy atom. The molecule has 0 aliphatic carbocycles. The van der Waals surface area contributed by atoms with Crippen LogP contribution in [-0.2, 0) is 6.54 Å². The Morgan fingerprint density at radius 2 is 1.90 bits per heavy atom. The molecule has 1 aromatic heterocycles. The zero-order valence-corrected chi connectivity index (χ0v) is 11.8. The topological polar surface area (TPSA) is 56.7 Å². The van der Waals surface area contributed by atoms with Gasteiger partial charge in [0.05, 0.1) is 11.6 Å². The molecule has 6 heteroatoms. The fourth-order valence-corrected chi connectivity index (χ4v) is 2.17. The molecule has 0 aliphatic rings. The molecule has 0 atom stereocenters. The lowest BCUT2D eigenvalue weighted by atomic mass is 10.2. The SMILES string of the molecule is Nc1ccc(-c2ncn(Cc3cccc(Cl)c3F)n2)cc1. The third-order valence-corrected chi connectivity index (χ3v) is 3.36. The van der Waals surface area contributed by atoms with E-state index in [0.717, 1.165) is 5.56 Å². The fraction of sp³-hybridized carbons (Fsp3) is 0.0667. The van der Waals surface area contributed by atoms with Crippen molar-refractivity contribution < 1.29 is 4.39 Å². The van der Waals surface area contributed by atoms with Crippen LogP contribution in [-0.4, -0.2) is 14.8 Å². The first kappa shape index (κ1) is 13.6. The van der Waals surface area contributed by atoms with Gasteiger partial charge in [-0.1, -0.05) is 23.7 Å². The molecule has 3 aromatic rings. The number of hydrogen-bond donors (Lipinski definition) is 1. The third-order valence-electron chi connectivity index (χ3n) is 3.07. The molecule has 21 heavy (non-hydrogen) atoms. The molecule has 0 aliphatic heterocycles. The Hall–Kier alpha value is -2.40. The van der Waals surface area contributed by atoms with Crippen LogP contribution in [0.15, 0.2) is 48.8 Å². The van der Waals surface area contributed by atoms with Gasteiger partial charge in [-0.3, -0.25) is 0 Å². The molecule has 2 N–H and O–H groups in total. The molecule has 0 radical (unpaired) electrons. The molecule has 0 fully saturated rings. The molecule has 106 valence electrons. The summed E-state index contributed by atoms with van der Waals surface area (Å²) in [7, 11) is 0. The van der Waals surface area contributed by atoms with Crippen molar-refractivity contribution in [3.05, 3.63) is 65.2 Å². The lowest BCUT2D eigenvalue weighted by molar-refractivity contribution is 0.585. The van der Waals surface area contributed by atoms with Crippen LogP contribution in [0.4, 0.5) is 10.1 Å². The predicted molar refractivity (Wildman–Crippen MR) is 80.4 cm³/mol. The molecule has 2 aromatic carbocycles. The Labute approximate surface area is 126 Å². The predicted octanol–water partition coefficient (Wildman–Crippen LogP) is 3.37. The van der Waals surface area contributed by atoms with E-state index in [0.29, 0.717) is 17.1 Å². The Balaban J connectivity index is 1.85. The second-order valence-corrected chi connectivity index (χ2v) is 5.01. The summed E-state index contributed by atoms with van der Waals surface area (Å²) in [6.45, 7) is 0.272. The normalized spacial score (nSPS) is 10.8. The monoisotopic (exact) mass is 302 g/mol. The second-order valence-electron chi connectivity index (χ2n) is 4.60. The van der Waals surface area contributed by atoms with Gasteiger partial charge < -0.3 is 5.73 Å². The number of benzene rings is 2. The van der Waals surface area contributed by atoms with Crippen molar-refractivity contribution in [2.24, 2.45) is 0 Å². The average molecular weight is 303 g/mol. The largest absolute Gasteiger partial charge is 0.399 e. The third kappa shape index (κ3) is 2.87. The van der Waals surface area contributed by atoms with E-state index < -0.39 is 5.82 Å². The van der Waals surface area contributed by atoms with Gasteiger partial charge in [-0.25, -0.2) is 14.1 Å². The van der Waals surface area contributed by atoms with Crippen LogP contribution >= 0.6 is 11.6 Å². The van der Waals surface area contributed by atoms with Gasteiger partial charge in [0.25, 0.3) is 0 Å². The van der Waals surface area contributed by atoms with E-state index in [4.69, 9.17) is 17.3 Å². The number of aromatic nitrogens is 3. The molecule has 0 saturated carbocycles. The Kier molecular flexibility index (Phi) is 3.58. The van der Waals surface area contributed by atoms with E-state index in [2.05, 4.69) is 10.1 Å². The van der Waals surface area contributed by atoms with Crippen molar-refractivity contribution in [2.45, 2.75) is 6.54 Å². The number of nitrogen functional groups attached to an aromatic ring is 1. The van der Waals surface area contributed by atoms with Crippen molar-refractivity contribution in [1.29, 1.82) is 0 Å². The van der Waals surface area contributed by atoms with E-state index in [1.54, 1.807) is 35.3 Å². The molecule has 4 nitrogen and oxygen atoms in total. The van der Waals surface area contributed by atoms with Crippen LogP contribution < -0.4 is 5.73 Å². The molecular weight excluding hydrogens is 291 g/mol. The second kappa shape index (κ2) is 5.54. The Morgan fingerprint density at radius 3 is 2.67 bits per heavy atom. The number of hydrogen-bond acceptors (Lipinski definition) is 3. The molecule has 0 bridgehead atoms. The van der Waals surface area contributed by atoms with Crippen LogP contribution in [0.2, 0.25) is 5.02 Å². The highest BCUT2D eigenvalue weighted by Crippen LogP contribution is 2.20. The van der Waals surface area contributed by atoms with E-state index in [9.17, 15) is 4.39 Å². The van der Waals surface area contributed by atoms with Crippen molar-refractivity contribution in [1.82, 2.24) is 14.8 Å². The highest BCUT2D eigenvalue weighted by molar-refractivity contribution is 6.30. The van der Waals surface area contributed by atoms with E-state index in [1.165, 1.54) is 6.07 Å². The summed E-state index contributed by atoms with van der Waals surface area (Å²) in [6, 6.07) is 12.1. The van der Waals surface area contributed by atoms with Crippen LogP contribution in [0, 0.1) is 5.82 Å². The van der Waals surface area contributed by atoms with E-state index >= 15 is 0 Å². The van der Waals surface area contributed by atoms with Gasteiger partial charge in [0.15, 0.2) is 5.82 Å². The first-order valence-corrected chi connectivity index (χ1v) is 6.69. The van der Waals surface area contributed by atoms with Crippen LogP contribution in [0.25, 0.3) is 11.4 Å². The van der Waals surface area contributed by atoms with Crippen molar-refractivity contribution in [3.8, 4) is 11.4 Å². The molecule has 0 amide bonds. The summed E-state index contributed by atoms with van der Waals surface area (Å²) in [6.07, 6.45) is 1.56. The lowest BCUT2D eigenvalue weighted by Gasteiger charge is -2.04. The minimum Gasteiger partial charge on any atom is -0.399 e. The summed E-state index contributed by atoms with van der Waals surface area (Å²) in [5.41, 5.74) is 7.65. The van der Waals surface area contributed by atoms with Crippen molar-refractivity contribution >= 4 is 17.3 Å². The van der Waals surface area contributed by atoms with E-state index in [-0.39, 0.29) is 11.6 Å². The van der Waals surface area contributed by atoms with Gasteiger partial charge in [0.2, 0.25) is 0 Å². The maximum Gasteiger partial charge on any atom is 0.181 e. The van der Waals surface area contributed by atoms with Crippen LogP contribution in [0.5, 0.6) is 0 Å². The quantitative estimate of drug-likeness (QED) is 0.755. The molecule has 0 unspecified atom stereocenters. The van der Waals surface area contributed by atoms with Crippen LogP contribution in [0.1, 0.15) is 5.56 Å². The van der Waals surface area contributed by atoms with Gasteiger partial charge in [-0.2, -0.15) is 5.10 Å². The Bertz CT molecular complexity index is 768.